The summed E-state index contributed by atoms with van der Waals surface area (Å²) in [5.41, 5.74) is 0. The molecule has 1 N–H and O–H groups in total. The van der Waals surface area contributed by atoms with Crippen LogP contribution in [-0.2, 0) is 4.74 Å². The van der Waals surface area contributed by atoms with Crippen LogP contribution in [0.25, 0.3) is 0 Å². The second kappa shape index (κ2) is 3.94. The van der Waals surface area contributed by atoms with Crippen molar-refractivity contribution in [2.45, 2.75) is 26.2 Å². The Labute approximate surface area is 62.2 Å². The van der Waals surface area contributed by atoms with E-state index >= 15 is 0 Å². The van der Waals surface area contributed by atoms with Gasteiger partial charge in [-0.15, -0.1) is 0 Å². The highest BCUT2D eigenvalue weighted by Gasteiger charge is 2.22. The predicted molar refractivity (Wildman–Crippen MR) is 39.5 cm³/mol. The van der Waals surface area contributed by atoms with Gasteiger partial charge in [0.05, 0.1) is 6.61 Å². The molecule has 0 saturated heterocycles. The van der Waals surface area contributed by atoms with Crippen LogP contribution in [0.1, 0.15) is 26.2 Å². The summed E-state index contributed by atoms with van der Waals surface area (Å²) < 4.78 is 4.94. The van der Waals surface area contributed by atoms with Crippen molar-refractivity contribution < 1.29 is 9.84 Å². The first-order chi connectivity index (χ1) is 4.84. The Morgan fingerprint density at radius 3 is 2.80 bits per heavy atom. The molecular weight excluding hydrogens is 128 g/mol. The zero-order valence-electron chi connectivity index (χ0n) is 6.55. The van der Waals surface area contributed by atoms with Crippen LogP contribution >= 0.6 is 0 Å². The highest BCUT2D eigenvalue weighted by molar-refractivity contribution is 4.73. The summed E-state index contributed by atoms with van der Waals surface area (Å²) in [7, 11) is 0. The van der Waals surface area contributed by atoms with Gasteiger partial charge in [0.15, 0.2) is 0 Å². The summed E-state index contributed by atoms with van der Waals surface area (Å²) in [6.45, 7) is 2.89. The minimum Gasteiger partial charge on any atom is -0.371 e. The molecule has 2 atom stereocenters. The van der Waals surface area contributed by atoms with Crippen molar-refractivity contribution in [2.24, 2.45) is 11.8 Å². The molecule has 1 rings (SSSR count). The molecule has 1 saturated carbocycles. The quantitative estimate of drug-likeness (QED) is 0.606. The first kappa shape index (κ1) is 8.02. The number of aliphatic hydroxyl groups is 1. The van der Waals surface area contributed by atoms with Crippen LogP contribution in [0.4, 0.5) is 0 Å². The van der Waals surface area contributed by atoms with Crippen LogP contribution in [0.2, 0.25) is 0 Å². The molecule has 0 spiro atoms. The van der Waals surface area contributed by atoms with E-state index in [1.54, 1.807) is 0 Å². The van der Waals surface area contributed by atoms with Crippen LogP contribution in [0.5, 0.6) is 0 Å². The van der Waals surface area contributed by atoms with E-state index in [4.69, 9.17) is 9.84 Å². The van der Waals surface area contributed by atoms with Crippen LogP contribution in [0.15, 0.2) is 0 Å². The van der Waals surface area contributed by atoms with Gasteiger partial charge in [0.25, 0.3) is 0 Å². The molecule has 0 aliphatic heterocycles. The number of rotatable bonds is 3. The molecule has 2 nitrogen and oxygen atoms in total. The monoisotopic (exact) mass is 144 g/mol. The molecule has 1 fully saturated rings. The highest BCUT2D eigenvalue weighted by Crippen LogP contribution is 2.30. The zero-order chi connectivity index (χ0) is 7.40. The Hall–Kier alpha value is -0.0800. The van der Waals surface area contributed by atoms with Crippen molar-refractivity contribution in [2.75, 3.05) is 13.4 Å². The lowest BCUT2D eigenvalue weighted by Crippen LogP contribution is -2.12. The topological polar surface area (TPSA) is 29.5 Å². The first-order valence-electron chi connectivity index (χ1n) is 4.03. The SMILES string of the molecule is CC1CCC[C@H]1COCO. The van der Waals surface area contributed by atoms with Crippen molar-refractivity contribution in [1.82, 2.24) is 0 Å². The maximum absolute atomic E-state index is 8.39. The van der Waals surface area contributed by atoms with E-state index < -0.39 is 0 Å². The molecule has 0 radical (unpaired) electrons. The van der Waals surface area contributed by atoms with Crippen molar-refractivity contribution in [3.8, 4) is 0 Å². The maximum atomic E-state index is 8.39. The van der Waals surface area contributed by atoms with Crippen molar-refractivity contribution in [3.63, 3.8) is 0 Å². The smallest absolute Gasteiger partial charge is 0.143 e. The van der Waals surface area contributed by atoms with E-state index in [-0.39, 0.29) is 6.79 Å². The number of hydrogen-bond acceptors (Lipinski definition) is 2. The molecular formula is C8H16O2. The lowest BCUT2D eigenvalue weighted by atomic mass is 10.00. The molecule has 0 aromatic heterocycles. The van der Waals surface area contributed by atoms with Crippen molar-refractivity contribution >= 4 is 0 Å². The van der Waals surface area contributed by atoms with E-state index in [1.807, 2.05) is 0 Å². The zero-order valence-corrected chi connectivity index (χ0v) is 6.55. The summed E-state index contributed by atoms with van der Waals surface area (Å²) in [6, 6.07) is 0. The van der Waals surface area contributed by atoms with E-state index in [9.17, 15) is 0 Å². The third kappa shape index (κ3) is 1.96. The minimum atomic E-state index is -0.122. The van der Waals surface area contributed by atoms with Gasteiger partial charge in [0, 0.05) is 0 Å². The normalized spacial score (nSPS) is 33.0. The summed E-state index contributed by atoms with van der Waals surface area (Å²) in [6.07, 6.45) is 3.95. The van der Waals surface area contributed by atoms with Crippen LogP contribution in [-0.4, -0.2) is 18.5 Å². The number of ether oxygens (including phenoxy) is 1. The summed E-state index contributed by atoms with van der Waals surface area (Å²) in [5.74, 6) is 1.50. The predicted octanol–water partition coefficient (Wildman–Crippen LogP) is 1.39. The molecule has 1 aliphatic rings. The van der Waals surface area contributed by atoms with Crippen LogP contribution in [0, 0.1) is 11.8 Å². The second-order valence-corrected chi connectivity index (χ2v) is 3.17. The Balaban J connectivity index is 2.14. The van der Waals surface area contributed by atoms with Crippen LogP contribution in [0.3, 0.4) is 0 Å². The van der Waals surface area contributed by atoms with Gasteiger partial charge in [-0.05, 0) is 18.3 Å². The first-order valence-corrected chi connectivity index (χ1v) is 4.03. The van der Waals surface area contributed by atoms with E-state index in [0.717, 1.165) is 12.5 Å². The second-order valence-electron chi connectivity index (χ2n) is 3.17. The lowest BCUT2D eigenvalue weighted by Gasteiger charge is -2.13. The molecule has 0 heterocycles. The van der Waals surface area contributed by atoms with Crippen LogP contribution < -0.4 is 0 Å². The third-order valence-corrected chi connectivity index (χ3v) is 2.46. The molecule has 60 valence electrons. The fourth-order valence-electron chi connectivity index (χ4n) is 1.67. The largest absolute Gasteiger partial charge is 0.371 e. The fraction of sp³-hybridized carbons (Fsp3) is 1.00. The van der Waals surface area contributed by atoms with Gasteiger partial charge in [0.2, 0.25) is 0 Å². The molecule has 0 amide bonds. The van der Waals surface area contributed by atoms with Gasteiger partial charge in [-0.2, -0.15) is 0 Å². The van der Waals surface area contributed by atoms with E-state index in [2.05, 4.69) is 6.92 Å². The van der Waals surface area contributed by atoms with Gasteiger partial charge < -0.3 is 9.84 Å². The fourth-order valence-corrected chi connectivity index (χ4v) is 1.67. The van der Waals surface area contributed by atoms with Crippen molar-refractivity contribution in [3.05, 3.63) is 0 Å². The number of hydrogen-bond donors (Lipinski definition) is 1. The summed E-state index contributed by atoms with van der Waals surface area (Å²) in [4.78, 5) is 0. The third-order valence-electron chi connectivity index (χ3n) is 2.46. The molecule has 0 bridgehead atoms. The highest BCUT2D eigenvalue weighted by atomic mass is 16.6. The summed E-state index contributed by atoms with van der Waals surface area (Å²) >= 11 is 0. The molecule has 10 heavy (non-hydrogen) atoms. The lowest BCUT2D eigenvalue weighted by molar-refractivity contribution is -0.0217. The van der Waals surface area contributed by atoms with Crippen molar-refractivity contribution in [1.29, 1.82) is 0 Å². The molecule has 1 aliphatic carbocycles. The van der Waals surface area contributed by atoms with Gasteiger partial charge in [-0.1, -0.05) is 19.8 Å². The maximum Gasteiger partial charge on any atom is 0.143 e. The Morgan fingerprint density at radius 2 is 2.30 bits per heavy atom. The van der Waals surface area contributed by atoms with Gasteiger partial charge in [0.1, 0.15) is 6.79 Å². The van der Waals surface area contributed by atoms with Gasteiger partial charge in [-0.25, -0.2) is 0 Å². The number of aliphatic hydroxyl groups excluding tert-OH is 1. The molecule has 1 unspecified atom stereocenters. The van der Waals surface area contributed by atoms with E-state index in [0.29, 0.717) is 5.92 Å². The van der Waals surface area contributed by atoms with Gasteiger partial charge >= 0.3 is 0 Å². The Morgan fingerprint density at radius 1 is 1.50 bits per heavy atom. The van der Waals surface area contributed by atoms with E-state index in [1.165, 1.54) is 19.3 Å². The Kier molecular flexibility index (Phi) is 3.16. The molecule has 0 aromatic carbocycles. The summed E-state index contributed by atoms with van der Waals surface area (Å²) in [5, 5.41) is 8.39. The molecule has 0 aromatic rings. The average molecular weight is 144 g/mol. The Bertz CT molecular complexity index is 93.3. The van der Waals surface area contributed by atoms with Gasteiger partial charge in [-0.3, -0.25) is 0 Å². The minimum absolute atomic E-state index is 0.122. The average Bonchev–Trinajstić information content (AvgIpc) is 2.31. The standard InChI is InChI=1S/C8H16O2/c1-7-3-2-4-8(7)5-10-6-9/h7-9H,2-6H2,1H3/t7?,8-/m0/s1. The molecule has 2 heteroatoms.